The molecule has 6 nitrogen and oxygen atoms in total. The van der Waals surface area contributed by atoms with Gasteiger partial charge in [0.05, 0.1) is 25.6 Å². The summed E-state index contributed by atoms with van der Waals surface area (Å²) in [6.07, 6.45) is 0.528. The maximum absolute atomic E-state index is 12.1. The molecule has 0 heterocycles. The minimum atomic E-state index is -2.51. The normalized spacial score (nSPS) is 13.0. The van der Waals surface area contributed by atoms with Gasteiger partial charge in [-0.05, 0) is 44.9 Å². The third-order valence-corrected chi connectivity index (χ3v) is 7.95. The van der Waals surface area contributed by atoms with E-state index in [9.17, 15) is 9.59 Å². The molecule has 0 bridgehead atoms. The van der Waals surface area contributed by atoms with Gasteiger partial charge in [-0.15, -0.1) is 0 Å². The molecule has 9 heteroatoms. The molecule has 0 aliphatic carbocycles. The SMILES string of the molecule is CCOC(=O)[C@H](CC(C)C)NC(=O)CSP(=S)(OCC)OCC. The van der Waals surface area contributed by atoms with Crippen molar-refractivity contribution in [2.45, 2.75) is 47.1 Å². The van der Waals surface area contributed by atoms with Crippen LogP contribution in [-0.4, -0.2) is 43.5 Å². The van der Waals surface area contributed by atoms with Crippen molar-refractivity contribution >= 4 is 40.8 Å². The van der Waals surface area contributed by atoms with E-state index in [1.807, 2.05) is 27.7 Å². The Labute approximate surface area is 148 Å². The standard InChI is InChI=1S/C14H28NO5PS2/c1-6-18-14(17)12(9-11(4)5)15-13(16)10-23-21(22,19-7-2)20-8-3/h11-12H,6-10H2,1-5H3,(H,15,16)/t12-/m0/s1. The molecule has 1 atom stereocenters. The van der Waals surface area contributed by atoms with Crippen LogP contribution < -0.4 is 5.32 Å². The molecular formula is C14H28NO5PS2. The number of amides is 1. The van der Waals surface area contributed by atoms with E-state index in [-0.39, 0.29) is 24.2 Å². The Bertz CT molecular complexity index is 410. The molecule has 0 saturated carbocycles. The molecule has 1 N–H and O–H groups in total. The molecule has 0 rings (SSSR count). The van der Waals surface area contributed by atoms with Crippen molar-refractivity contribution in [2.24, 2.45) is 5.92 Å². The summed E-state index contributed by atoms with van der Waals surface area (Å²) in [5.41, 5.74) is -2.51. The summed E-state index contributed by atoms with van der Waals surface area (Å²) in [5, 5.41) is 2.72. The highest BCUT2D eigenvalue weighted by Crippen LogP contribution is 2.60. The zero-order valence-electron chi connectivity index (χ0n) is 14.5. The lowest BCUT2D eigenvalue weighted by Gasteiger charge is -2.21. The highest BCUT2D eigenvalue weighted by Gasteiger charge is 2.25. The number of hydrogen-bond donors (Lipinski definition) is 1. The predicted molar refractivity (Wildman–Crippen MR) is 98.0 cm³/mol. The van der Waals surface area contributed by atoms with Crippen LogP contribution in [0.25, 0.3) is 0 Å². The lowest BCUT2D eigenvalue weighted by Crippen LogP contribution is -2.43. The van der Waals surface area contributed by atoms with Gasteiger partial charge in [0.2, 0.25) is 11.6 Å². The van der Waals surface area contributed by atoms with Crippen LogP contribution in [0, 0.1) is 5.92 Å². The van der Waals surface area contributed by atoms with Gasteiger partial charge in [0.15, 0.2) is 0 Å². The average Bonchev–Trinajstić information content (AvgIpc) is 2.45. The Balaban J connectivity index is 4.62. The topological polar surface area (TPSA) is 73.9 Å². The van der Waals surface area contributed by atoms with Crippen molar-refractivity contribution in [1.82, 2.24) is 5.32 Å². The molecule has 0 aromatic rings. The van der Waals surface area contributed by atoms with Crippen molar-refractivity contribution in [2.75, 3.05) is 25.6 Å². The van der Waals surface area contributed by atoms with Crippen LogP contribution in [0.15, 0.2) is 0 Å². The molecule has 0 aromatic carbocycles. The van der Waals surface area contributed by atoms with Crippen molar-refractivity contribution in [1.29, 1.82) is 0 Å². The summed E-state index contributed by atoms with van der Waals surface area (Å²) in [6, 6.07) is -0.639. The number of nitrogens with one attached hydrogen (secondary N) is 1. The van der Waals surface area contributed by atoms with Gasteiger partial charge in [0, 0.05) is 0 Å². The molecule has 1 amide bonds. The van der Waals surface area contributed by atoms with Crippen LogP contribution in [-0.2, 0) is 35.2 Å². The monoisotopic (exact) mass is 385 g/mol. The molecule has 0 fully saturated rings. The summed E-state index contributed by atoms with van der Waals surface area (Å²) >= 11 is 6.54. The largest absolute Gasteiger partial charge is 0.464 e. The van der Waals surface area contributed by atoms with Gasteiger partial charge in [-0.25, -0.2) is 4.79 Å². The van der Waals surface area contributed by atoms with Crippen LogP contribution in [0.3, 0.4) is 0 Å². The summed E-state index contributed by atoms with van der Waals surface area (Å²) in [5.74, 6) is -0.337. The number of carbonyl (C=O) groups is 2. The van der Waals surface area contributed by atoms with E-state index in [1.54, 1.807) is 6.92 Å². The third kappa shape index (κ3) is 10.4. The van der Waals surface area contributed by atoms with E-state index >= 15 is 0 Å². The zero-order valence-corrected chi connectivity index (χ0v) is 17.0. The van der Waals surface area contributed by atoms with E-state index in [4.69, 9.17) is 25.6 Å². The molecule has 23 heavy (non-hydrogen) atoms. The molecule has 0 unspecified atom stereocenters. The number of esters is 1. The summed E-state index contributed by atoms with van der Waals surface area (Å²) in [6.45, 7) is 10.5. The van der Waals surface area contributed by atoms with Crippen LogP contribution in [0.2, 0.25) is 0 Å². The fourth-order valence-corrected chi connectivity index (χ4v) is 5.96. The second kappa shape index (κ2) is 12.3. The Morgan fingerprint density at radius 1 is 1.13 bits per heavy atom. The molecular weight excluding hydrogens is 357 g/mol. The van der Waals surface area contributed by atoms with E-state index in [1.165, 1.54) is 11.4 Å². The molecule has 0 radical (unpaired) electrons. The van der Waals surface area contributed by atoms with E-state index in [0.29, 0.717) is 19.6 Å². The Hall–Kier alpha value is -0.140. The number of hydrogen-bond acceptors (Lipinski definition) is 7. The highest BCUT2D eigenvalue weighted by atomic mass is 32.9. The van der Waals surface area contributed by atoms with Gasteiger partial charge in [0.25, 0.3) is 0 Å². The van der Waals surface area contributed by atoms with Crippen LogP contribution in [0.4, 0.5) is 0 Å². The van der Waals surface area contributed by atoms with Gasteiger partial charge >= 0.3 is 5.97 Å². The smallest absolute Gasteiger partial charge is 0.328 e. The first-order valence-electron chi connectivity index (χ1n) is 7.77. The van der Waals surface area contributed by atoms with Gasteiger partial charge in [-0.3, -0.25) is 4.79 Å². The zero-order chi connectivity index (χ0) is 17.9. The predicted octanol–water partition coefficient (Wildman–Crippen LogP) is 3.11. The molecule has 0 spiro atoms. The van der Waals surface area contributed by atoms with Crippen molar-refractivity contribution in [3.05, 3.63) is 0 Å². The Morgan fingerprint density at radius 2 is 1.70 bits per heavy atom. The van der Waals surface area contributed by atoms with Crippen LogP contribution >= 0.6 is 17.1 Å². The van der Waals surface area contributed by atoms with Crippen molar-refractivity contribution < 1.29 is 23.4 Å². The molecule has 136 valence electrons. The first kappa shape index (κ1) is 22.9. The average molecular weight is 385 g/mol. The maximum atomic E-state index is 12.1. The fourth-order valence-electron chi connectivity index (χ4n) is 1.73. The van der Waals surface area contributed by atoms with Gasteiger partial charge in [0.1, 0.15) is 6.04 Å². The lowest BCUT2D eigenvalue weighted by atomic mass is 10.0. The molecule has 0 aliphatic heterocycles. The van der Waals surface area contributed by atoms with Crippen molar-refractivity contribution in [3.63, 3.8) is 0 Å². The summed E-state index contributed by atoms with van der Waals surface area (Å²) in [7, 11) is 0. The minimum absolute atomic E-state index is 0.0886. The molecule has 0 aromatic heterocycles. The van der Waals surface area contributed by atoms with Crippen LogP contribution in [0.1, 0.15) is 41.0 Å². The molecule has 0 aliphatic rings. The third-order valence-electron chi connectivity index (χ3n) is 2.54. The highest BCUT2D eigenvalue weighted by molar-refractivity contribution is 8.68. The Morgan fingerprint density at radius 3 is 2.13 bits per heavy atom. The van der Waals surface area contributed by atoms with E-state index in [2.05, 4.69) is 5.32 Å². The first-order chi connectivity index (χ1) is 10.8. The quantitative estimate of drug-likeness (QED) is 0.409. The summed E-state index contributed by atoms with van der Waals surface area (Å²) in [4.78, 5) is 24.0. The maximum Gasteiger partial charge on any atom is 0.328 e. The van der Waals surface area contributed by atoms with Gasteiger partial charge in [-0.2, -0.15) is 0 Å². The van der Waals surface area contributed by atoms with Gasteiger partial charge < -0.3 is 19.1 Å². The second-order valence-electron chi connectivity index (χ2n) is 5.06. The number of rotatable bonds is 12. The summed E-state index contributed by atoms with van der Waals surface area (Å²) < 4.78 is 15.9. The number of carbonyl (C=O) groups excluding carboxylic acids is 2. The van der Waals surface area contributed by atoms with Crippen LogP contribution in [0.5, 0.6) is 0 Å². The first-order valence-corrected chi connectivity index (χ1v) is 12.0. The fraction of sp³-hybridized carbons (Fsp3) is 0.857. The van der Waals surface area contributed by atoms with Crippen molar-refractivity contribution in [3.8, 4) is 0 Å². The van der Waals surface area contributed by atoms with E-state index in [0.717, 1.165) is 0 Å². The van der Waals surface area contributed by atoms with Gasteiger partial charge in [-0.1, -0.05) is 25.2 Å². The second-order valence-corrected chi connectivity index (χ2v) is 11.4. The lowest BCUT2D eigenvalue weighted by molar-refractivity contribution is -0.147. The number of ether oxygens (including phenoxy) is 1. The Kier molecular flexibility index (Phi) is 12.2. The minimum Gasteiger partial charge on any atom is -0.464 e. The molecule has 0 saturated heterocycles. The van der Waals surface area contributed by atoms with E-state index < -0.39 is 17.7 Å².